The van der Waals surface area contributed by atoms with Crippen molar-refractivity contribution in [1.82, 2.24) is 0 Å². The monoisotopic (exact) mass is 257 g/mol. The third-order valence-corrected chi connectivity index (χ3v) is 2.78. The number of Topliss-reactive ketones (excluding diaryl/α,β-unsaturated/α-hetero) is 1. The maximum atomic E-state index is 12.3. The lowest BCUT2D eigenvalue weighted by Crippen LogP contribution is -2.38. The predicted molar refractivity (Wildman–Crippen MR) is 58.6 cm³/mol. The van der Waals surface area contributed by atoms with Crippen molar-refractivity contribution in [2.45, 2.75) is 19.5 Å². The Bertz CT molecular complexity index is 523. The lowest BCUT2D eigenvalue weighted by Gasteiger charge is -2.18. The van der Waals surface area contributed by atoms with Crippen molar-refractivity contribution in [3.05, 3.63) is 29.3 Å². The fourth-order valence-electron chi connectivity index (χ4n) is 1.90. The van der Waals surface area contributed by atoms with Gasteiger partial charge in [0.2, 0.25) is 0 Å². The smallest absolute Gasteiger partial charge is 0.296 e. The number of amides is 1. The molecule has 0 unspecified atom stereocenters. The van der Waals surface area contributed by atoms with Crippen molar-refractivity contribution in [1.29, 1.82) is 0 Å². The van der Waals surface area contributed by atoms with Crippen molar-refractivity contribution >= 4 is 17.4 Å². The van der Waals surface area contributed by atoms with Gasteiger partial charge in [0.05, 0.1) is 11.3 Å². The summed E-state index contributed by atoms with van der Waals surface area (Å²) < 4.78 is 37.0. The van der Waals surface area contributed by atoms with Crippen LogP contribution in [0.1, 0.15) is 22.8 Å². The quantitative estimate of drug-likeness (QED) is 0.762. The van der Waals surface area contributed by atoms with Gasteiger partial charge < -0.3 is 0 Å². The molecule has 0 saturated heterocycles. The van der Waals surface area contributed by atoms with E-state index in [1.165, 1.54) is 12.1 Å². The maximum absolute atomic E-state index is 12.3. The van der Waals surface area contributed by atoms with Crippen LogP contribution in [0.3, 0.4) is 0 Å². The molecular weight excluding hydrogens is 247 g/mol. The minimum Gasteiger partial charge on any atom is -0.296 e. The number of fused-ring (bicyclic) bond motifs is 1. The Labute approximate surface area is 101 Å². The standard InChI is InChI=1S/C12H10F3NO2/c1-2-7-3-4-9-8(5-7)10(17)11(18)16(9)6-12(13,14)15/h3-5H,2,6H2,1H3. The second-order valence-electron chi connectivity index (χ2n) is 4.04. The molecule has 0 fully saturated rings. The van der Waals surface area contributed by atoms with Gasteiger partial charge in [-0.05, 0) is 24.1 Å². The molecule has 1 amide bonds. The first kappa shape index (κ1) is 12.6. The van der Waals surface area contributed by atoms with Crippen molar-refractivity contribution in [2.24, 2.45) is 0 Å². The van der Waals surface area contributed by atoms with Crippen LogP contribution in [0.4, 0.5) is 18.9 Å². The molecule has 0 aliphatic carbocycles. The van der Waals surface area contributed by atoms with Crippen molar-refractivity contribution in [3.63, 3.8) is 0 Å². The van der Waals surface area contributed by atoms with E-state index in [1.807, 2.05) is 6.92 Å². The number of rotatable bonds is 2. The fourth-order valence-corrected chi connectivity index (χ4v) is 1.90. The van der Waals surface area contributed by atoms with Gasteiger partial charge in [-0.25, -0.2) is 0 Å². The highest BCUT2D eigenvalue weighted by molar-refractivity contribution is 6.52. The summed E-state index contributed by atoms with van der Waals surface area (Å²) in [6.07, 6.45) is -3.88. The normalized spacial score (nSPS) is 15.2. The Hall–Kier alpha value is -1.85. The number of hydrogen-bond donors (Lipinski definition) is 0. The summed E-state index contributed by atoms with van der Waals surface area (Å²) in [4.78, 5) is 23.6. The average molecular weight is 257 g/mol. The Balaban J connectivity index is 2.43. The number of anilines is 1. The summed E-state index contributed by atoms with van der Waals surface area (Å²) in [7, 11) is 0. The molecule has 2 rings (SSSR count). The van der Waals surface area contributed by atoms with Gasteiger partial charge in [0, 0.05) is 0 Å². The molecule has 3 nitrogen and oxygen atoms in total. The molecule has 1 heterocycles. The zero-order valence-corrected chi connectivity index (χ0v) is 9.54. The Morgan fingerprint density at radius 1 is 1.22 bits per heavy atom. The number of carbonyl (C=O) groups excluding carboxylic acids is 2. The Morgan fingerprint density at radius 3 is 2.44 bits per heavy atom. The summed E-state index contributed by atoms with van der Waals surface area (Å²) in [5.41, 5.74) is 0.909. The van der Waals surface area contributed by atoms with Gasteiger partial charge in [0.15, 0.2) is 0 Å². The fraction of sp³-hybridized carbons (Fsp3) is 0.333. The molecule has 0 radical (unpaired) electrons. The summed E-state index contributed by atoms with van der Waals surface area (Å²) in [6.45, 7) is 0.423. The van der Waals surface area contributed by atoms with E-state index in [2.05, 4.69) is 0 Å². The second-order valence-corrected chi connectivity index (χ2v) is 4.04. The molecule has 1 aromatic rings. The zero-order valence-electron chi connectivity index (χ0n) is 9.54. The van der Waals surface area contributed by atoms with E-state index in [-0.39, 0.29) is 11.3 Å². The number of alkyl halides is 3. The third kappa shape index (κ3) is 2.10. The topological polar surface area (TPSA) is 37.4 Å². The maximum Gasteiger partial charge on any atom is 0.406 e. The number of ketones is 1. The van der Waals surface area contributed by atoms with Crippen LogP contribution in [-0.4, -0.2) is 24.4 Å². The molecule has 0 atom stereocenters. The molecule has 18 heavy (non-hydrogen) atoms. The lowest BCUT2D eigenvalue weighted by molar-refractivity contribution is -0.129. The molecule has 0 aromatic heterocycles. The molecule has 0 saturated carbocycles. The molecular formula is C12H10F3NO2. The molecule has 96 valence electrons. The van der Waals surface area contributed by atoms with Crippen molar-refractivity contribution in [2.75, 3.05) is 11.4 Å². The average Bonchev–Trinajstić information content (AvgIpc) is 2.52. The van der Waals surface area contributed by atoms with Crippen LogP contribution in [0.5, 0.6) is 0 Å². The van der Waals surface area contributed by atoms with E-state index in [0.717, 1.165) is 5.56 Å². The number of carbonyl (C=O) groups is 2. The Morgan fingerprint density at radius 2 is 1.89 bits per heavy atom. The van der Waals surface area contributed by atoms with Gasteiger partial charge >= 0.3 is 6.18 Å². The Kier molecular flexibility index (Phi) is 2.88. The van der Waals surface area contributed by atoms with Crippen LogP contribution in [0.25, 0.3) is 0 Å². The lowest BCUT2D eigenvalue weighted by atomic mass is 10.1. The largest absolute Gasteiger partial charge is 0.406 e. The first-order valence-corrected chi connectivity index (χ1v) is 5.39. The molecule has 1 aliphatic rings. The first-order chi connectivity index (χ1) is 8.33. The zero-order chi connectivity index (χ0) is 13.5. The molecule has 1 aromatic carbocycles. The predicted octanol–water partition coefficient (Wildman–Crippen LogP) is 2.34. The number of nitrogens with zero attached hydrogens (tertiary/aromatic N) is 1. The van der Waals surface area contributed by atoms with Crippen molar-refractivity contribution < 1.29 is 22.8 Å². The summed E-state index contributed by atoms with van der Waals surface area (Å²) in [6, 6.07) is 4.49. The molecule has 0 spiro atoms. The molecule has 1 aliphatic heterocycles. The first-order valence-electron chi connectivity index (χ1n) is 5.39. The van der Waals surface area contributed by atoms with Crippen LogP contribution in [0.2, 0.25) is 0 Å². The third-order valence-electron chi connectivity index (χ3n) is 2.78. The molecule has 0 N–H and O–H groups in total. The van der Waals surface area contributed by atoms with Gasteiger partial charge in [-0.3, -0.25) is 14.5 Å². The highest BCUT2D eigenvalue weighted by Gasteiger charge is 2.42. The van der Waals surface area contributed by atoms with E-state index in [1.54, 1.807) is 6.07 Å². The molecule has 6 heteroatoms. The number of benzene rings is 1. The van der Waals surface area contributed by atoms with E-state index >= 15 is 0 Å². The van der Waals surface area contributed by atoms with Crippen LogP contribution in [0.15, 0.2) is 18.2 Å². The minimum absolute atomic E-state index is 0.0412. The summed E-state index contributed by atoms with van der Waals surface area (Å²) >= 11 is 0. The van der Waals surface area contributed by atoms with E-state index in [9.17, 15) is 22.8 Å². The second kappa shape index (κ2) is 4.12. The highest BCUT2D eigenvalue weighted by Crippen LogP contribution is 2.32. The van der Waals surface area contributed by atoms with Crippen LogP contribution in [0, 0.1) is 0 Å². The van der Waals surface area contributed by atoms with Crippen LogP contribution >= 0.6 is 0 Å². The van der Waals surface area contributed by atoms with Gasteiger partial charge in [0.1, 0.15) is 6.54 Å². The van der Waals surface area contributed by atoms with E-state index < -0.39 is 24.4 Å². The van der Waals surface area contributed by atoms with Crippen molar-refractivity contribution in [3.8, 4) is 0 Å². The highest BCUT2D eigenvalue weighted by atomic mass is 19.4. The summed E-state index contributed by atoms with van der Waals surface area (Å²) in [5.74, 6) is -1.99. The number of aryl methyl sites for hydroxylation is 1. The molecule has 0 bridgehead atoms. The van der Waals surface area contributed by atoms with E-state index in [0.29, 0.717) is 11.3 Å². The van der Waals surface area contributed by atoms with Gasteiger partial charge in [-0.1, -0.05) is 13.0 Å². The van der Waals surface area contributed by atoms with Gasteiger partial charge in [0.25, 0.3) is 11.7 Å². The van der Waals surface area contributed by atoms with Crippen LogP contribution < -0.4 is 4.90 Å². The number of halogens is 3. The summed E-state index contributed by atoms with van der Waals surface area (Å²) in [5, 5.41) is 0. The SMILES string of the molecule is CCc1ccc2c(c1)C(=O)C(=O)N2CC(F)(F)F. The van der Waals surface area contributed by atoms with Gasteiger partial charge in [-0.15, -0.1) is 0 Å². The van der Waals surface area contributed by atoms with Gasteiger partial charge in [-0.2, -0.15) is 13.2 Å². The number of hydrogen-bond acceptors (Lipinski definition) is 2. The minimum atomic E-state index is -4.53. The van der Waals surface area contributed by atoms with Crippen LogP contribution in [-0.2, 0) is 11.2 Å². The van der Waals surface area contributed by atoms with E-state index in [4.69, 9.17) is 0 Å².